The highest BCUT2D eigenvalue weighted by Gasteiger charge is 2.36. The first kappa shape index (κ1) is 20.6. The molecule has 1 saturated carbocycles. The summed E-state index contributed by atoms with van der Waals surface area (Å²) in [5, 5.41) is 12.3. The van der Waals surface area contributed by atoms with Crippen molar-refractivity contribution in [2.45, 2.75) is 51.0 Å². The molecule has 29 heavy (non-hydrogen) atoms. The molecule has 1 aromatic heterocycles. The molecule has 6 heteroatoms. The third-order valence-corrected chi connectivity index (χ3v) is 7.48. The van der Waals surface area contributed by atoms with Crippen molar-refractivity contribution in [2.24, 2.45) is 5.92 Å². The predicted molar refractivity (Wildman–Crippen MR) is 116 cm³/mol. The van der Waals surface area contributed by atoms with Crippen molar-refractivity contribution in [3.63, 3.8) is 0 Å². The Labute approximate surface area is 177 Å². The molecule has 0 amide bonds. The standard InChI is InChI=1S/C23H32N2O3S/c1-17-21(10-15-28-20-8-6-19(27-2)7-9-20)29-22(24-17)23(26)11-3-13-25(14-12-23)16-18-4-5-18/h6-9,18,26H,3-5,10-16H2,1-2H3/t23-/m1/s1. The van der Waals surface area contributed by atoms with E-state index in [9.17, 15) is 5.11 Å². The van der Waals surface area contributed by atoms with Crippen LogP contribution in [0.4, 0.5) is 0 Å². The van der Waals surface area contributed by atoms with Gasteiger partial charge in [-0.05, 0) is 75.8 Å². The molecule has 4 rings (SSSR count). The predicted octanol–water partition coefficient (Wildman–Crippen LogP) is 4.17. The fourth-order valence-corrected chi connectivity index (χ4v) is 5.22. The highest BCUT2D eigenvalue weighted by molar-refractivity contribution is 7.11. The second-order valence-corrected chi connectivity index (χ2v) is 9.51. The lowest BCUT2D eigenvalue weighted by molar-refractivity contribution is 0.0208. The highest BCUT2D eigenvalue weighted by atomic mass is 32.1. The summed E-state index contributed by atoms with van der Waals surface area (Å²) in [6.45, 7) is 5.93. The van der Waals surface area contributed by atoms with Crippen molar-refractivity contribution in [1.29, 1.82) is 0 Å². The van der Waals surface area contributed by atoms with Gasteiger partial charge in [-0.1, -0.05) is 0 Å². The summed E-state index contributed by atoms with van der Waals surface area (Å²) in [5.74, 6) is 2.57. The SMILES string of the molecule is COc1ccc(OCCc2sc([C@@]3(O)CCCN(CC4CC4)CC3)nc2C)cc1. The average Bonchev–Trinajstić information content (AvgIpc) is 3.50. The Balaban J connectivity index is 1.33. The van der Waals surface area contributed by atoms with Gasteiger partial charge in [0.25, 0.3) is 0 Å². The maximum Gasteiger partial charge on any atom is 0.125 e. The van der Waals surface area contributed by atoms with Crippen molar-refractivity contribution < 1.29 is 14.6 Å². The van der Waals surface area contributed by atoms with Crippen LogP contribution in [0.25, 0.3) is 0 Å². The first-order valence-corrected chi connectivity index (χ1v) is 11.6. The van der Waals surface area contributed by atoms with Gasteiger partial charge >= 0.3 is 0 Å². The molecule has 0 spiro atoms. The Hall–Kier alpha value is -1.63. The molecule has 2 aliphatic rings. The number of hydrogen-bond donors (Lipinski definition) is 1. The van der Waals surface area contributed by atoms with Gasteiger partial charge in [-0.3, -0.25) is 0 Å². The maximum absolute atomic E-state index is 11.4. The van der Waals surface area contributed by atoms with Crippen LogP contribution >= 0.6 is 11.3 Å². The van der Waals surface area contributed by atoms with Crippen molar-refractivity contribution in [1.82, 2.24) is 9.88 Å². The van der Waals surface area contributed by atoms with Gasteiger partial charge in [-0.2, -0.15) is 0 Å². The number of aliphatic hydroxyl groups is 1. The zero-order valence-corrected chi connectivity index (χ0v) is 18.3. The molecule has 2 heterocycles. The van der Waals surface area contributed by atoms with E-state index in [1.165, 1.54) is 24.3 Å². The Kier molecular flexibility index (Phi) is 6.42. The number of rotatable bonds is 8. The van der Waals surface area contributed by atoms with E-state index < -0.39 is 5.60 Å². The molecule has 0 unspecified atom stereocenters. The summed E-state index contributed by atoms with van der Waals surface area (Å²) >= 11 is 1.66. The Bertz CT molecular complexity index is 803. The smallest absolute Gasteiger partial charge is 0.125 e. The summed E-state index contributed by atoms with van der Waals surface area (Å²) in [6, 6.07) is 7.65. The van der Waals surface area contributed by atoms with Crippen LogP contribution in [-0.4, -0.2) is 48.3 Å². The first-order chi connectivity index (χ1) is 14.1. The topological polar surface area (TPSA) is 54.8 Å². The highest BCUT2D eigenvalue weighted by Crippen LogP contribution is 2.38. The van der Waals surface area contributed by atoms with Gasteiger partial charge in [0.15, 0.2) is 0 Å². The van der Waals surface area contributed by atoms with Gasteiger partial charge in [0.05, 0.1) is 19.4 Å². The Morgan fingerprint density at radius 1 is 1.17 bits per heavy atom. The third kappa shape index (κ3) is 5.30. The van der Waals surface area contributed by atoms with Gasteiger partial charge in [0.2, 0.25) is 0 Å². The number of aryl methyl sites for hydroxylation is 1. The largest absolute Gasteiger partial charge is 0.497 e. The van der Waals surface area contributed by atoms with Crippen molar-refractivity contribution >= 4 is 11.3 Å². The minimum Gasteiger partial charge on any atom is -0.497 e. The molecule has 1 atom stereocenters. The average molecular weight is 417 g/mol. The van der Waals surface area contributed by atoms with Gasteiger partial charge in [0.1, 0.15) is 22.1 Å². The number of benzene rings is 1. The molecule has 0 radical (unpaired) electrons. The van der Waals surface area contributed by atoms with Crippen LogP contribution < -0.4 is 9.47 Å². The van der Waals surface area contributed by atoms with Crippen LogP contribution in [0.1, 0.15) is 47.7 Å². The number of likely N-dealkylation sites (tertiary alicyclic amines) is 1. The maximum atomic E-state index is 11.4. The molecule has 0 bridgehead atoms. The second kappa shape index (κ2) is 9.02. The molecule has 158 valence electrons. The normalized spacial score (nSPS) is 23.0. The minimum absolute atomic E-state index is 0.600. The van der Waals surface area contributed by atoms with Crippen LogP contribution in [0.5, 0.6) is 11.5 Å². The lowest BCUT2D eigenvalue weighted by Crippen LogP contribution is -2.30. The summed E-state index contributed by atoms with van der Waals surface area (Å²) in [4.78, 5) is 8.52. The monoisotopic (exact) mass is 416 g/mol. The Morgan fingerprint density at radius 2 is 1.93 bits per heavy atom. The van der Waals surface area contributed by atoms with Crippen LogP contribution in [-0.2, 0) is 12.0 Å². The van der Waals surface area contributed by atoms with Crippen molar-refractivity contribution in [3.8, 4) is 11.5 Å². The number of aromatic nitrogens is 1. The number of hydrogen-bond acceptors (Lipinski definition) is 6. The van der Waals surface area contributed by atoms with E-state index in [1.807, 2.05) is 31.2 Å². The van der Waals surface area contributed by atoms with E-state index in [0.717, 1.165) is 66.9 Å². The van der Waals surface area contributed by atoms with E-state index in [2.05, 4.69) is 4.90 Å². The number of thiazole rings is 1. The number of nitrogens with zero attached hydrogens (tertiary/aromatic N) is 2. The van der Waals surface area contributed by atoms with E-state index in [-0.39, 0.29) is 0 Å². The molecule has 2 fully saturated rings. The molecule has 1 aliphatic heterocycles. The van der Waals surface area contributed by atoms with Crippen LogP contribution in [0, 0.1) is 12.8 Å². The third-order valence-electron chi connectivity index (χ3n) is 6.07. The van der Waals surface area contributed by atoms with E-state index in [4.69, 9.17) is 14.5 Å². The molecule has 1 aliphatic carbocycles. The lowest BCUT2D eigenvalue weighted by Gasteiger charge is -2.24. The zero-order chi connectivity index (χ0) is 20.3. The van der Waals surface area contributed by atoms with Gasteiger partial charge in [0, 0.05) is 24.4 Å². The molecule has 2 aromatic rings. The first-order valence-electron chi connectivity index (χ1n) is 10.7. The van der Waals surface area contributed by atoms with Crippen molar-refractivity contribution in [3.05, 3.63) is 39.8 Å². The Morgan fingerprint density at radius 3 is 2.66 bits per heavy atom. The minimum atomic E-state index is -0.775. The summed E-state index contributed by atoms with van der Waals surface area (Å²) in [7, 11) is 1.66. The van der Waals surface area contributed by atoms with Crippen LogP contribution in [0.15, 0.2) is 24.3 Å². The van der Waals surface area contributed by atoms with Gasteiger partial charge in [-0.25, -0.2) is 4.98 Å². The summed E-state index contributed by atoms with van der Waals surface area (Å²) in [5.41, 5.74) is 0.249. The van der Waals surface area contributed by atoms with E-state index >= 15 is 0 Å². The molecule has 1 aromatic carbocycles. The lowest BCUT2D eigenvalue weighted by atomic mass is 9.96. The van der Waals surface area contributed by atoms with Gasteiger partial charge < -0.3 is 19.5 Å². The number of ether oxygens (including phenoxy) is 2. The molecule has 5 nitrogen and oxygen atoms in total. The fourth-order valence-electron chi connectivity index (χ4n) is 4.03. The van der Waals surface area contributed by atoms with E-state index in [0.29, 0.717) is 6.61 Å². The van der Waals surface area contributed by atoms with E-state index in [1.54, 1.807) is 18.4 Å². The van der Waals surface area contributed by atoms with Crippen molar-refractivity contribution in [2.75, 3.05) is 33.4 Å². The molecule has 1 saturated heterocycles. The zero-order valence-electron chi connectivity index (χ0n) is 17.5. The number of methoxy groups -OCH3 is 1. The summed E-state index contributed by atoms with van der Waals surface area (Å²) in [6.07, 6.45) is 6.21. The second-order valence-electron chi connectivity index (χ2n) is 8.43. The van der Waals surface area contributed by atoms with Crippen LogP contribution in [0.3, 0.4) is 0 Å². The van der Waals surface area contributed by atoms with Crippen LogP contribution in [0.2, 0.25) is 0 Å². The summed E-state index contributed by atoms with van der Waals surface area (Å²) < 4.78 is 11.1. The fraction of sp³-hybridized carbons (Fsp3) is 0.609. The van der Waals surface area contributed by atoms with Gasteiger partial charge in [-0.15, -0.1) is 11.3 Å². The molecular formula is C23H32N2O3S. The quantitative estimate of drug-likeness (QED) is 0.700. The molecular weight excluding hydrogens is 384 g/mol. The molecule has 1 N–H and O–H groups in total.